The standard InChI is InChI=1S/C20H37NO4/c1-5-8-9-10-11-12-13-14-18(16-20(23)25-7-3)21-17(4)15-19(22)24-6-2/h15,18,21H,5-14,16H2,1-4H3/b17-15+/t18-/m0/s1. The summed E-state index contributed by atoms with van der Waals surface area (Å²) in [5.41, 5.74) is 0.718. The van der Waals surface area contributed by atoms with Crippen LogP contribution in [0.15, 0.2) is 11.8 Å². The monoisotopic (exact) mass is 355 g/mol. The lowest BCUT2D eigenvalue weighted by atomic mass is 10.0. The molecule has 0 fully saturated rings. The Morgan fingerprint density at radius 3 is 2.12 bits per heavy atom. The molecular formula is C20H37NO4. The highest BCUT2D eigenvalue weighted by Gasteiger charge is 2.15. The van der Waals surface area contributed by atoms with Crippen LogP contribution in [0.5, 0.6) is 0 Å². The van der Waals surface area contributed by atoms with Crippen LogP contribution in [0.4, 0.5) is 0 Å². The molecule has 0 radical (unpaired) electrons. The van der Waals surface area contributed by atoms with Gasteiger partial charge in [0.05, 0.1) is 19.6 Å². The zero-order valence-electron chi connectivity index (χ0n) is 16.6. The first-order valence-electron chi connectivity index (χ1n) is 9.80. The topological polar surface area (TPSA) is 64.6 Å². The first-order valence-corrected chi connectivity index (χ1v) is 9.80. The molecule has 25 heavy (non-hydrogen) atoms. The maximum Gasteiger partial charge on any atom is 0.332 e. The van der Waals surface area contributed by atoms with E-state index in [1.165, 1.54) is 44.6 Å². The van der Waals surface area contributed by atoms with Gasteiger partial charge in [-0.05, 0) is 27.2 Å². The molecule has 0 heterocycles. The number of nitrogens with one attached hydrogen (secondary N) is 1. The average Bonchev–Trinajstić information content (AvgIpc) is 2.54. The van der Waals surface area contributed by atoms with Gasteiger partial charge in [-0.2, -0.15) is 0 Å². The van der Waals surface area contributed by atoms with Gasteiger partial charge in [0, 0.05) is 17.8 Å². The SMILES string of the molecule is CCCCCCCCC[C@@H](CC(=O)OCC)N/C(C)=C/C(=O)OCC. The lowest BCUT2D eigenvalue weighted by Crippen LogP contribution is -2.31. The molecular weight excluding hydrogens is 318 g/mol. The summed E-state index contributed by atoms with van der Waals surface area (Å²) in [7, 11) is 0. The summed E-state index contributed by atoms with van der Waals surface area (Å²) in [6, 6.07) is -0.0135. The largest absolute Gasteiger partial charge is 0.466 e. The third-order valence-electron chi connectivity index (χ3n) is 3.93. The van der Waals surface area contributed by atoms with Crippen molar-refractivity contribution in [3.05, 3.63) is 11.8 Å². The summed E-state index contributed by atoms with van der Waals surface area (Å²) in [5, 5.41) is 3.27. The molecule has 0 aromatic rings. The van der Waals surface area contributed by atoms with Crippen molar-refractivity contribution in [3.63, 3.8) is 0 Å². The van der Waals surface area contributed by atoms with E-state index in [2.05, 4.69) is 12.2 Å². The number of rotatable bonds is 15. The number of hydrogen-bond donors (Lipinski definition) is 1. The van der Waals surface area contributed by atoms with Crippen LogP contribution in [0.3, 0.4) is 0 Å². The molecule has 0 rings (SSSR count). The Bertz CT molecular complexity index is 393. The number of allylic oxidation sites excluding steroid dienone is 1. The molecule has 0 aliphatic rings. The number of hydrogen-bond acceptors (Lipinski definition) is 5. The van der Waals surface area contributed by atoms with Gasteiger partial charge in [-0.3, -0.25) is 4.79 Å². The Balaban J connectivity index is 4.35. The van der Waals surface area contributed by atoms with Crippen LogP contribution in [0.1, 0.15) is 85.5 Å². The minimum Gasteiger partial charge on any atom is -0.466 e. The molecule has 0 aromatic carbocycles. The fraction of sp³-hybridized carbons (Fsp3) is 0.800. The Labute approximate surface area is 153 Å². The van der Waals surface area contributed by atoms with Gasteiger partial charge in [0.1, 0.15) is 0 Å². The van der Waals surface area contributed by atoms with Gasteiger partial charge in [0.25, 0.3) is 0 Å². The van der Waals surface area contributed by atoms with E-state index < -0.39 is 0 Å². The minimum atomic E-state index is -0.363. The lowest BCUT2D eigenvalue weighted by molar-refractivity contribution is -0.143. The second-order valence-electron chi connectivity index (χ2n) is 6.34. The van der Waals surface area contributed by atoms with Gasteiger partial charge in [-0.25, -0.2) is 4.79 Å². The molecule has 0 spiro atoms. The quantitative estimate of drug-likeness (QED) is 0.266. The second-order valence-corrected chi connectivity index (χ2v) is 6.34. The summed E-state index contributed by atoms with van der Waals surface area (Å²) in [5.74, 6) is -0.565. The highest BCUT2D eigenvalue weighted by molar-refractivity contribution is 5.82. The van der Waals surface area contributed by atoms with Crippen LogP contribution < -0.4 is 5.32 Å². The van der Waals surface area contributed by atoms with Gasteiger partial charge in [-0.1, -0.05) is 51.9 Å². The Morgan fingerprint density at radius 2 is 1.52 bits per heavy atom. The van der Waals surface area contributed by atoms with Crippen molar-refractivity contribution in [2.24, 2.45) is 0 Å². The van der Waals surface area contributed by atoms with Gasteiger partial charge in [0.15, 0.2) is 0 Å². The van der Waals surface area contributed by atoms with E-state index in [0.717, 1.165) is 18.5 Å². The Morgan fingerprint density at radius 1 is 0.920 bits per heavy atom. The third-order valence-corrected chi connectivity index (χ3v) is 3.93. The van der Waals surface area contributed by atoms with Gasteiger partial charge < -0.3 is 14.8 Å². The van der Waals surface area contributed by atoms with Crippen molar-refractivity contribution < 1.29 is 19.1 Å². The second kappa shape index (κ2) is 16.0. The number of carbonyl (C=O) groups is 2. The van der Waals surface area contributed by atoms with Crippen molar-refractivity contribution in [1.82, 2.24) is 5.32 Å². The third kappa shape index (κ3) is 14.5. The van der Waals surface area contributed by atoms with E-state index >= 15 is 0 Å². The Hall–Kier alpha value is -1.52. The molecule has 0 saturated carbocycles. The van der Waals surface area contributed by atoms with Crippen LogP contribution in [0.2, 0.25) is 0 Å². The normalized spacial score (nSPS) is 12.6. The molecule has 0 unspecified atom stereocenters. The van der Waals surface area contributed by atoms with Crippen molar-refractivity contribution in [1.29, 1.82) is 0 Å². The lowest BCUT2D eigenvalue weighted by Gasteiger charge is -2.19. The molecule has 0 bridgehead atoms. The van der Waals surface area contributed by atoms with Gasteiger partial charge in [0.2, 0.25) is 0 Å². The average molecular weight is 356 g/mol. The Kier molecular flexibility index (Phi) is 15.0. The van der Waals surface area contributed by atoms with Gasteiger partial charge in [-0.15, -0.1) is 0 Å². The van der Waals surface area contributed by atoms with Crippen LogP contribution in [0, 0.1) is 0 Å². The van der Waals surface area contributed by atoms with E-state index in [0.29, 0.717) is 19.6 Å². The van der Waals surface area contributed by atoms with Crippen molar-refractivity contribution >= 4 is 11.9 Å². The van der Waals surface area contributed by atoms with E-state index in [-0.39, 0.29) is 18.0 Å². The van der Waals surface area contributed by atoms with Crippen LogP contribution in [0.25, 0.3) is 0 Å². The molecule has 0 aromatic heterocycles. The predicted molar refractivity (Wildman–Crippen MR) is 101 cm³/mol. The smallest absolute Gasteiger partial charge is 0.332 e. The molecule has 5 heteroatoms. The van der Waals surface area contributed by atoms with Crippen LogP contribution in [-0.2, 0) is 19.1 Å². The zero-order chi connectivity index (χ0) is 18.9. The molecule has 0 amide bonds. The summed E-state index contributed by atoms with van der Waals surface area (Å²) < 4.78 is 9.97. The molecule has 0 saturated heterocycles. The summed E-state index contributed by atoms with van der Waals surface area (Å²) in [6.07, 6.45) is 11.3. The molecule has 146 valence electrons. The highest BCUT2D eigenvalue weighted by Crippen LogP contribution is 2.12. The van der Waals surface area contributed by atoms with E-state index in [1.54, 1.807) is 6.92 Å². The van der Waals surface area contributed by atoms with Crippen LogP contribution in [-0.4, -0.2) is 31.2 Å². The number of ether oxygens (including phenoxy) is 2. The van der Waals surface area contributed by atoms with Crippen molar-refractivity contribution in [2.75, 3.05) is 13.2 Å². The van der Waals surface area contributed by atoms with E-state index in [9.17, 15) is 9.59 Å². The van der Waals surface area contributed by atoms with Crippen LogP contribution >= 0.6 is 0 Å². The molecule has 5 nitrogen and oxygen atoms in total. The molecule has 1 atom stereocenters. The van der Waals surface area contributed by atoms with E-state index in [1.807, 2.05) is 13.8 Å². The first-order chi connectivity index (χ1) is 12.0. The summed E-state index contributed by atoms with van der Waals surface area (Å²) >= 11 is 0. The fourth-order valence-electron chi connectivity index (χ4n) is 2.72. The molecule has 0 aliphatic heterocycles. The van der Waals surface area contributed by atoms with Crippen molar-refractivity contribution in [3.8, 4) is 0 Å². The molecule has 0 aliphatic carbocycles. The number of esters is 2. The zero-order valence-corrected chi connectivity index (χ0v) is 16.6. The fourth-order valence-corrected chi connectivity index (χ4v) is 2.72. The highest BCUT2D eigenvalue weighted by atomic mass is 16.5. The first kappa shape index (κ1) is 23.5. The summed E-state index contributed by atoms with van der Waals surface area (Å²) in [6.45, 7) is 8.37. The van der Waals surface area contributed by atoms with Crippen molar-refractivity contribution in [2.45, 2.75) is 91.5 Å². The number of unbranched alkanes of at least 4 members (excludes halogenated alkanes) is 6. The van der Waals surface area contributed by atoms with E-state index in [4.69, 9.17) is 9.47 Å². The molecule has 1 N–H and O–H groups in total. The summed E-state index contributed by atoms with van der Waals surface area (Å²) in [4.78, 5) is 23.3. The minimum absolute atomic E-state index is 0.0135. The number of carbonyl (C=O) groups excluding carboxylic acids is 2. The predicted octanol–water partition coefficient (Wildman–Crippen LogP) is 4.51. The maximum atomic E-state index is 11.8. The maximum absolute atomic E-state index is 11.8. The van der Waals surface area contributed by atoms with Gasteiger partial charge >= 0.3 is 11.9 Å².